The lowest BCUT2D eigenvalue weighted by Gasteiger charge is -2.27. The van der Waals surface area contributed by atoms with E-state index in [2.05, 4.69) is 0 Å². The summed E-state index contributed by atoms with van der Waals surface area (Å²) in [4.78, 5) is 29.0. The molecule has 1 N–H and O–H groups in total. The van der Waals surface area contributed by atoms with Gasteiger partial charge in [-0.2, -0.15) is 0 Å². The summed E-state index contributed by atoms with van der Waals surface area (Å²) in [6, 6.07) is 9.53. The van der Waals surface area contributed by atoms with E-state index >= 15 is 0 Å². The standard InChI is InChI=1S/C23H25FN2O5/c1-25(2)11-12-26-20(15-7-5-6-8-17(15)24)19(22(28)23(26)29)21(27)16-10-9-14(30-3)13-18(16)31-4/h5-10,13,20,27H,11-12H2,1-4H3/b21-19+/t20-/m0/s1. The molecule has 1 amide bonds. The number of ketones is 1. The molecule has 1 fully saturated rings. The first-order valence-corrected chi connectivity index (χ1v) is 9.70. The number of nitrogens with zero attached hydrogens (tertiary/aromatic N) is 2. The number of amides is 1. The third-order valence-electron chi connectivity index (χ3n) is 5.19. The van der Waals surface area contributed by atoms with Gasteiger partial charge in [0, 0.05) is 24.7 Å². The molecule has 2 aromatic carbocycles. The van der Waals surface area contributed by atoms with E-state index in [1.165, 1.54) is 43.4 Å². The second-order valence-electron chi connectivity index (χ2n) is 7.38. The molecule has 2 aromatic rings. The van der Waals surface area contributed by atoms with Crippen molar-refractivity contribution < 1.29 is 28.6 Å². The molecular weight excluding hydrogens is 403 g/mol. The van der Waals surface area contributed by atoms with E-state index < -0.39 is 29.3 Å². The largest absolute Gasteiger partial charge is 0.507 e. The van der Waals surface area contributed by atoms with Crippen LogP contribution in [0.15, 0.2) is 48.0 Å². The number of aliphatic hydroxyl groups is 1. The Morgan fingerprint density at radius 2 is 1.84 bits per heavy atom. The number of carbonyl (C=O) groups is 2. The van der Waals surface area contributed by atoms with E-state index in [0.29, 0.717) is 12.3 Å². The molecule has 31 heavy (non-hydrogen) atoms. The van der Waals surface area contributed by atoms with Gasteiger partial charge in [0.1, 0.15) is 23.1 Å². The molecule has 0 unspecified atom stereocenters. The number of hydrogen-bond donors (Lipinski definition) is 1. The quantitative estimate of drug-likeness (QED) is 0.415. The minimum absolute atomic E-state index is 0.134. The molecule has 3 rings (SSSR count). The van der Waals surface area contributed by atoms with Crippen LogP contribution in [0, 0.1) is 5.82 Å². The Morgan fingerprint density at radius 1 is 1.13 bits per heavy atom. The van der Waals surface area contributed by atoms with Gasteiger partial charge in [-0.1, -0.05) is 18.2 Å². The summed E-state index contributed by atoms with van der Waals surface area (Å²) in [7, 11) is 6.56. The lowest BCUT2D eigenvalue weighted by atomic mass is 9.94. The Morgan fingerprint density at radius 3 is 2.45 bits per heavy atom. The summed E-state index contributed by atoms with van der Waals surface area (Å²) in [5.74, 6) is -1.92. The zero-order chi connectivity index (χ0) is 22.7. The summed E-state index contributed by atoms with van der Waals surface area (Å²) < 4.78 is 25.3. The van der Waals surface area contributed by atoms with Crippen LogP contribution >= 0.6 is 0 Å². The van der Waals surface area contributed by atoms with E-state index in [9.17, 15) is 19.1 Å². The molecule has 7 nitrogen and oxygen atoms in total. The average Bonchev–Trinajstić information content (AvgIpc) is 3.01. The van der Waals surface area contributed by atoms with Gasteiger partial charge in [0.15, 0.2) is 0 Å². The van der Waals surface area contributed by atoms with E-state index in [0.717, 1.165) is 0 Å². The molecule has 0 aromatic heterocycles. The number of carbonyl (C=O) groups excluding carboxylic acids is 2. The molecule has 1 saturated heterocycles. The van der Waals surface area contributed by atoms with Crippen LogP contribution < -0.4 is 9.47 Å². The highest BCUT2D eigenvalue weighted by Gasteiger charge is 2.47. The number of ether oxygens (including phenoxy) is 2. The molecule has 0 spiro atoms. The van der Waals surface area contributed by atoms with Crippen LogP contribution in [0.25, 0.3) is 5.76 Å². The number of aliphatic hydroxyl groups excluding tert-OH is 1. The highest BCUT2D eigenvalue weighted by molar-refractivity contribution is 6.46. The fourth-order valence-electron chi connectivity index (χ4n) is 3.58. The Hall–Kier alpha value is -3.39. The fraction of sp³-hybridized carbons (Fsp3) is 0.304. The van der Waals surface area contributed by atoms with Crippen molar-refractivity contribution in [2.24, 2.45) is 0 Å². The Labute approximate surface area is 180 Å². The lowest BCUT2D eigenvalue weighted by Crippen LogP contribution is -2.35. The number of methoxy groups -OCH3 is 2. The van der Waals surface area contributed by atoms with Crippen molar-refractivity contribution in [2.45, 2.75) is 6.04 Å². The van der Waals surface area contributed by atoms with Crippen LogP contribution in [0.5, 0.6) is 11.5 Å². The number of hydrogen-bond acceptors (Lipinski definition) is 6. The number of likely N-dealkylation sites (tertiary alicyclic amines) is 1. The number of halogens is 1. The predicted octanol–water partition coefficient (Wildman–Crippen LogP) is 2.83. The first-order chi connectivity index (χ1) is 14.8. The minimum Gasteiger partial charge on any atom is -0.507 e. The molecule has 0 saturated carbocycles. The summed E-state index contributed by atoms with van der Waals surface area (Å²) >= 11 is 0. The van der Waals surface area contributed by atoms with Crippen molar-refractivity contribution in [3.8, 4) is 11.5 Å². The maximum atomic E-state index is 14.7. The van der Waals surface area contributed by atoms with Crippen molar-refractivity contribution in [1.82, 2.24) is 9.80 Å². The summed E-state index contributed by atoms with van der Waals surface area (Å²) in [5.41, 5.74) is 0.155. The Balaban J connectivity index is 2.21. The zero-order valence-corrected chi connectivity index (χ0v) is 17.9. The highest BCUT2D eigenvalue weighted by Crippen LogP contribution is 2.42. The highest BCUT2D eigenvalue weighted by atomic mass is 19.1. The number of Topliss-reactive ketones (excluding diaryl/α,β-unsaturated/α-hetero) is 1. The van der Waals surface area contributed by atoms with Crippen molar-refractivity contribution in [2.75, 3.05) is 41.4 Å². The predicted molar refractivity (Wildman–Crippen MR) is 114 cm³/mol. The summed E-state index contributed by atoms with van der Waals surface area (Å²) in [6.45, 7) is 0.650. The smallest absolute Gasteiger partial charge is 0.295 e. The van der Waals surface area contributed by atoms with Crippen molar-refractivity contribution in [3.05, 3.63) is 65.0 Å². The molecule has 0 radical (unpaired) electrons. The van der Waals surface area contributed by atoms with Gasteiger partial charge < -0.3 is 24.4 Å². The molecule has 164 valence electrons. The SMILES string of the molecule is COc1ccc(/C(O)=C2\C(=O)C(=O)N(CCN(C)C)[C@H]2c2ccccc2F)c(OC)c1. The number of rotatable bonds is 7. The maximum absolute atomic E-state index is 14.7. The van der Waals surface area contributed by atoms with Crippen LogP contribution in [-0.2, 0) is 9.59 Å². The van der Waals surface area contributed by atoms with Gasteiger partial charge in [-0.05, 0) is 32.3 Å². The fourth-order valence-corrected chi connectivity index (χ4v) is 3.58. The van der Waals surface area contributed by atoms with Crippen LogP contribution in [0.1, 0.15) is 17.2 Å². The lowest BCUT2D eigenvalue weighted by molar-refractivity contribution is -0.140. The van der Waals surface area contributed by atoms with Gasteiger partial charge >= 0.3 is 0 Å². The number of benzene rings is 2. The zero-order valence-electron chi connectivity index (χ0n) is 17.9. The van der Waals surface area contributed by atoms with Gasteiger partial charge in [-0.15, -0.1) is 0 Å². The van der Waals surface area contributed by atoms with Gasteiger partial charge in [-0.25, -0.2) is 4.39 Å². The maximum Gasteiger partial charge on any atom is 0.295 e. The van der Waals surface area contributed by atoms with Crippen LogP contribution in [-0.4, -0.2) is 68.0 Å². The van der Waals surface area contributed by atoms with E-state index in [1.54, 1.807) is 18.2 Å². The van der Waals surface area contributed by atoms with Gasteiger partial charge in [0.25, 0.3) is 11.7 Å². The second-order valence-corrected chi connectivity index (χ2v) is 7.38. The van der Waals surface area contributed by atoms with Gasteiger partial charge in [-0.3, -0.25) is 9.59 Å². The van der Waals surface area contributed by atoms with Gasteiger partial charge in [0.05, 0.1) is 31.4 Å². The monoisotopic (exact) mass is 428 g/mol. The van der Waals surface area contributed by atoms with Crippen molar-refractivity contribution >= 4 is 17.4 Å². The first kappa shape index (κ1) is 22.3. The molecule has 1 aliphatic rings. The summed E-state index contributed by atoms with van der Waals surface area (Å²) in [5, 5.41) is 11.1. The molecule has 1 atom stereocenters. The topological polar surface area (TPSA) is 79.3 Å². The molecular formula is C23H25FN2O5. The van der Waals surface area contributed by atoms with Gasteiger partial charge in [0.2, 0.25) is 0 Å². The summed E-state index contributed by atoms with van der Waals surface area (Å²) in [6.07, 6.45) is 0. The molecule has 1 aliphatic heterocycles. The first-order valence-electron chi connectivity index (χ1n) is 9.70. The van der Waals surface area contributed by atoms with Crippen LogP contribution in [0.2, 0.25) is 0 Å². The van der Waals surface area contributed by atoms with Crippen LogP contribution in [0.4, 0.5) is 4.39 Å². The van der Waals surface area contributed by atoms with E-state index in [-0.39, 0.29) is 29.0 Å². The molecule has 0 bridgehead atoms. The minimum atomic E-state index is -1.06. The third-order valence-corrected chi connectivity index (χ3v) is 5.19. The third kappa shape index (κ3) is 4.25. The number of likely N-dealkylation sites (N-methyl/N-ethyl adjacent to an activating group) is 1. The van der Waals surface area contributed by atoms with Crippen molar-refractivity contribution in [3.63, 3.8) is 0 Å². The molecule has 1 heterocycles. The van der Waals surface area contributed by atoms with E-state index in [1.807, 2.05) is 19.0 Å². The van der Waals surface area contributed by atoms with Crippen molar-refractivity contribution in [1.29, 1.82) is 0 Å². The molecule has 8 heteroatoms. The van der Waals surface area contributed by atoms with Crippen LogP contribution in [0.3, 0.4) is 0 Å². The second kappa shape index (κ2) is 9.18. The normalized spacial score (nSPS) is 18.0. The molecule has 0 aliphatic carbocycles. The average molecular weight is 428 g/mol. The Bertz CT molecular complexity index is 1030. The van der Waals surface area contributed by atoms with E-state index in [4.69, 9.17) is 9.47 Å². The Kier molecular flexibility index (Phi) is 6.60.